The second kappa shape index (κ2) is 6.08. The topological polar surface area (TPSA) is 86.6 Å². The van der Waals surface area contributed by atoms with E-state index in [-0.39, 0.29) is 11.7 Å². The molecule has 19 heavy (non-hydrogen) atoms. The van der Waals surface area contributed by atoms with E-state index < -0.39 is 23.9 Å². The van der Waals surface area contributed by atoms with Gasteiger partial charge in [-0.05, 0) is 12.1 Å². The molecule has 0 spiro atoms. The van der Waals surface area contributed by atoms with E-state index in [1.165, 1.54) is 11.8 Å². The Bertz CT molecular complexity index is 465. The van der Waals surface area contributed by atoms with Crippen molar-refractivity contribution in [3.05, 3.63) is 30.3 Å². The molecule has 3 N–H and O–H groups in total. The van der Waals surface area contributed by atoms with Gasteiger partial charge in [0.1, 0.15) is 6.04 Å². The maximum absolute atomic E-state index is 11.1. The first kappa shape index (κ1) is 13.9. The third kappa shape index (κ3) is 3.48. The highest BCUT2D eigenvalue weighted by Gasteiger charge is 2.41. The Morgan fingerprint density at radius 3 is 2.53 bits per heavy atom. The van der Waals surface area contributed by atoms with Crippen molar-refractivity contribution in [1.29, 1.82) is 0 Å². The Labute approximate surface area is 115 Å². The number of carbonyl (C=O) groups is 2. The molecule has 1 aliphatic heterocycles. The summed E-state index contributed by atoms with van der Waals surface area (Å²) in [5.41, 5.74) is 0. The van der Waals surface area contributed by atoms with Gasteiger partial charge in [-0.25, -0.2) is 0 Å². The number of nitrogens with one attached hydrogen (secondary N) is 1. The fourth-order valence-corrected chi connectivity index (χ4v) is 3.56. The molecule has 1 aromatic carbocycles. The van der Waals surface area contributed by atoms with Crippen molar-refractivity contribution in [2.24, 2.45) is 5.92 Å². The number of rotatable bonds is 5. The number of benzene rings is 1. The lowest BCUT2D eigenvalue weighted by Gasteiger charge is -2.19. The van der Waals surface area contributed by atoms with Crippen molar-refractivity contribution in [3.63, 3.8) is 0 Å². The zero-order chi connectivity index (χ0) is 13.8. The Morgan fingerprint density at radius 1 is 1.26 bits per heavy atom. The molecule has 0 saturated carbocycles. The summed E-state index contributed by atoms with van der Waals surface area (Å²) in [5, 5.41) is 20.9. The summed E-state index contributed by atoms with van der Waals surface area (Å²) in [5.74, 6) is -2.35. The summed E-state index contributed by atoms with van der Waals surface area (Å²) in [6.07, 6.45) is -0.130. The molecule has 0 bridgehead atoms. The first-order valence-corrected chi connectivity index (χ1v) is 6.85. The molecule has 0 radical (unpaired) electrons. The van der Waals surface area contributed by atoms with Crippen LogP contribution in [0.1, 0.15) is 6.42 Å². The van der Waals surface area contributed by atoms with Crippen LogP contribution in [0, 0.1) is 5.92 Å². The fourth-order valence-electron chi connectivity index (χ4n) is 2.28. The van der Waals surface area contributed by atoms with E-state index in [0.29, 0.717) is 6.54 Å². The van der Waals surface area contributed by atoms with Crippen molar-refractivity contribution >= 4 is 23.7 Å². The average molecular weight is 281 g/mol. The fraction of sp³-hybridized carbons (Fsp3) is 0.385. The average Bonchev–Trinajstić information content (AvgIpc) is 2.73. The number of carboxylic acid groups (broad SMARTS) is 2. The Morgan fingerprint density at radius 2 is 1.95 bits per heavy atom. The Kier molecular flexibility index (Phi) is 4.44. The van der Waals surface area contributed by atoms with E-state index in [1.807, 2.05) is 30.3 Å². The predicted molar refractivity (Wildman–Crippen MR) is 71.3 cm³/mol. The van der Waals surface area contributed by atoms with Crippen LogP contribution in [-0.2, 0) is 9.59 Å². The lowest BCUT2D eigenvalue weighted by atomic mass is 9.96. The van der Waals surface area contributed by atoms with Crippen molar-refractivity contribution in [2.75, 3.05) is 6.54 Å². The first-order valence-electron chi connectivity index (χ1n) is 5.97. The van der Waals surface area contributed by atoms with Crippen LogP contribution < -0.4 is 5.32 Å². The van der Waals surface area contributed by atoms with Gasteiger partial charge in [0, 0.05) is 22.6 Å². The summed E-state index contributed by atoms with van der Waals surface area (Å²) in [7, 11) is 0. The van der Waals surface area contributed by atoms with Crippen LogP contribution in [0.15, 0.2) is 35.2 Å². The van der Waals surface area contributed by atoms with Gasteiger partial charge in [-0.1, -0.05) is 18.2 Å². The summed E-state index contributed by atoms with van der Waals surface area (Å²) in [6, 6.07) is 8.83. The monoisotopic (exact) mass is 281 g/mol. The van der Waals surface area contributed by atoms with E-state index in [2.05, 4.69) is 5.32 Å². The normalized spacial score (nSPS) is 26.2. The molecular weight excluding hydrogens is 266 g/mol. The van der Waals surface area contributed by atoms with Crippen LogP contribution in [0.25, 0.3) is 0 Å². The maximum Gasteiger partial charge on any atom is 0.321 e. The first-order chi connectivity index (χ1) is 9.08. The van der Waals surface area contributed by atoms with Gasteiger partial charge in [-0.3, -0.25) is 9.59 Å². The van der Waals surface area contributed by atoms with E-state index in [0.717, 1.165) is 4.90 Å². The highest BCUT2D eigenvalue weighted by Crippen LogP contribution is 2.34. The SMILES string of the molecule is O=C(O)CC1C(Sc2ccccc2)CNC1C(=O)O. The third-order valence-electron chi connectivity index (χ3n) is 3.15. The maximum atomic E-state index is 11.1. The summed E-state index contributed by atoms with van der Waals surface area (Å²) in [6.45, 7) is 0.508. The standard InChI is InChI=1S/C13H15NO4S/c15-11(16)6-9-10(7-14-12(9)13(17)18)19-8-4-2-1-3-5-8/h1-5,9-10,12,14H,6-7H2,(H,15,16)(H,17,18). The van der Waals surface area contributed by atoms with Gasteiger partial charge >= 0.3 is 11.9 Å². The zero-order valence-electron chi connectivity index (χ0n) is 10.2. The summed E-state index contributed by atoms with van der Waals surface area (Å²) >= 11 is 1.53. The molecule has 1 saturated heterocycles. The van der Waals surface area contributed by atoms with Crippen LogP contribution in [0.2, 0.25) is 0 Å². The third-order valence-corrected chi connectivity index (χ3v) is 4.52. The van der Waals surface area contributed by atoms with Crippen molar-refractivity contribution in [2.45, 2.75) is 22.6 Å². The highest BCUT2D eigenvalue weighted by molar-refractivity contribution is 8.00. The molecular formula is C13H15NO4S. The lowest BCUT2D eigenvalue weighted by Crippen LogP contribution is -2.37. The van der Waals surface area contributed by atoms with Gasteiger partial charge in [0.05, 0.1) is 6.42 Å². The quantitative estimate of drug-likeness (QED) is 0.754. The molecule has 3 atom stereocenters. The van der Waals surface area contributed by atoms with Gasteiger partial charge in [0.15, 0.2) is 0 Å². The number of hydrogen-bond donors (Lipinski definition) is 3. The molecule has 5 nitrogen and oxygen atoms in total. The number of aliphatic carboxylic acids is 2. The zero-order valence-corrected chi connectivity index (χ0v) is 11.0. The summed E-state index contributed by atoms with van der Waals surface area (Å²) in [4.78, 5) is 23.0. The molecule has 1 aliphatic rings. The van der Waals surface area contributed by atoms with Crippen LogP contribution >= 0.6 is 11.8 Å². The van der Waals surface area contributed by atoms with Gasteiger partial charge in [-0.15, -0.1) is 11.8 Å². The minimum Gasteiger partial charge on any atom is -0.481 e. The minimum absolute atomic E-state index is 0.0420. The highest BCUT2D eigenvalue weighted by atomic mass is 32.2. The molecule has 6 heteroatoms. The van der Waals surface area contributed by atoms with E-state index in [9.17, 15) is 9.59 Å². The number of thioether (sulfide) groups is 1. The van der Waals surface area contributed by atoms with E-state index in [1.54, 1.807) is 0 Å². The van der Waals surface area contributed by atoms with E-state index >= 15 is 0 Å². The van der Waals surface area contributed by atoms with Crippen LogP contribution in [0.5, 0.6) is 0 Å². The minimum atomic E-state index is -0.984. The summed E-state index contributed by atoms with van der Waals surface area (Å²) < 4.78 is 0. The van der Waals surface area contributed by atoms with Crippen LogP contribution in [0.3, 0.4) is 0 Å². The second-order valence-electron chi connectivity index (χ2n) is 4.46. The van der Waals surface area contributed by atoms with Gasteiger partial charge in [-0.2, -0.15) is 0 Å². The molecule has 0 aliphatic carbocycles. The lowest BCUT2D eigenvalue weighted by molar-refractivity contribution is -0.141. The molecule has 2 rings (SSSR count). The van der Waals surface area contributed by atoms with Gasteiger partial charge in [0.2, 0.25) is 0 Å². The molecule has 1 aromatic rings. The van der Waals surface area contributed by atoms with Crippen molar-refractivity contribution < 1.29 is 19.8 Å². The Balaban J connectivity index is 2.10. The number of carboxylic acids is 2. The Hall–Kier alpha value is -1.53. The van der Waals surface area contributed by atoms with E-state index in [4.69, 9.17) is 10.2 Å². The molecule has 0 amide bonds. The molecule has 3 unspecified atom stereocenters. The van der Waals surface area contributed by atoms with Crippen LogP contribution in [0.4, 0.5) is 0 Å². The van der Waals surface area contributed by atoms with Crippen molar-refractivity contribution in [1.82, 2.24) is 5.32 Å². The molecule has 102 valence electrons. The van der Waals surface area contributed by atoms with Gasteiger partial charge < -0.3 is 15.5 Å². The molecule has 0 aromatic heterocycles. The largest absolute Gasteiger partial charge is 0.481 e. The smallest absolute Gasteiger partial charge is 0.321 e. The van der Waals surface area contributed by atoms with Crippen molar-refractivity contribution in [3.8, 4) is 0 Å². The molecule has 1 fully saturated rings. The van der Waals surface area contributed by atoms with Gasteiger partial charge in [0.25, 0.3) is 0 Å². The van der Waals surface area contributed by atoms with Crippen LogP contribution in [-0.4, -0.2) is 40.0 Å². The number of hydrogen-bond acceptors (Lipinski definition) is 4. The predicted octanol–water partition coefficient (Wildman–Crippen LogP) is 1.29. The second-order valence-corrected chi connectivity index (χ2v) is 5.77. The molecule has 1 heterocycles.